The van der Waals surface area contributed by atoms with Gasteiger partial charge in [0.25, 0.3) is 0 Å². The zero-order chi connectivity index (χ0) is 18.5. The fraction of sp³-hybridized carbons (Fsp3) is 0.600. The highest BCUT2D eigenvalue weighted by molar-refractivity contribution is 7.90. The Hall–Kier alpha value is -1.36. The fourth-order valence-corrected chi connectivity index (χ4v) is 4.74. The molecule has 142 valence electrons. The predicted octanol–water partition coefficient (Wildman–Crippen LogP) is 0.0863. The van der Waals surface area contributed by atoms with Gasteiger partial charge in [0.2, 0.25) is 20.0 Å². The van der Waals surface area contributed by atoms with Crippen LogP contribution in [0.1, 0.15) is 6.92 Å². The third-order valence-corrected chi connectivity index (χ3v) is 7.40. The number of benzene rings is 1. The van der Waals surface area contributed by atoms with E-state index in [4.69, 9.17) is 4.74 Å². The molecule has 0 amide bonds. The van der Waals surface area contributed by atoms with Crippen molar-refractivity contribution in [3.63, 3.8) is 0 Å². The molecule has 1 heterocycles. The second-order valence-electron chi connectivity index (χ2n) is 5.67. The highest BCUT2D eigenvalue weighted by Gasteiger charge is 2.27. The van der Waals surface area contributed by atoms with Crippen LogP contribution in [0.4, 0.5) is 5.69 Å². The van der Waals surface area contributed by atoms with Gasteiger partial charge < -0.3 is 9.64 Å². The summed E-state index contributed by atoms with van der Waals surface area (Å²) in [7, 11) is -5.26. The van der Waals surface area contributed by atoms with E-state index in [0.717, 1.165) is 11.4 Å². The van der Waals surface area contributed by atoms with Crippen LogP contribution < -0.4 is 14.4 Å². The Morgan fingerprint density at radius 2 is 1.72 bits per heavy atom. The van der Waals surface area contributed by atoms with E-state index in [2.05, 4.69) is 9.62 Å². The minimum Gasteiger partial charge on any atom is -0.495 e. The molecule has 0 spiro atoms. The summed E-state index contributed by atoms with van der Waals surface area (Å²) >= 11 is 0. The van der Waals surface area contributed by atoms with E-state index < -0.39 is 20.0 Å². The molecule has 1 fully saturated rings. The van der Waals surface area contributed by atoms with Crippen LogP contribution in [0, 0.1) is 0 Å². The normalized spacial score (nSPS) is 16.8. The van der Waals surface area contributed by atoms with E-state index in [0.29, 0.717) is 26.2 Å². The topological polar surface area (TPSA) is 96.0 Å². The summed E-state index contributed by atoms with van der Waals surface area (Å²) in [5.74, 6) is 0.457. The number of anilines is 1. The van der Waals surface area contributed by atoms with Crippen molar-refractivity contribution < 1.29 is 21.6 Å². The van der Waals surface area contributed by atoms with Gasteiger partial charge >= 0.3 is 0 Å². The van der Waals surface area contributed by atoms with Gasteiger partial charge in [-0.25, -0.2) is 21.6 Å². The van der Waals surface area contributed by atoms with Crippen molar-refractivity contribution in [2.24, 2.45) is 0 Å². The fourth-order valence-electron chi connectivity index (χ4n) is 2.66. The first-order valence-electron chi connectivity index (χ1n) is 8.12. The maximum absolute atomic E-state index is 12.4. The van der Waals surface area contributed by atoms with Crippen LogP contribution in [0.3, 0.4) is 0 Å². The van der Waals surface area contributed by atoms with Gasteiger partial charge in [0.1, 0.15) is 5.75 Å². The lowest BCUT2D eigenvalue weighted by molar-refractivity contribution is 0.378. The van der Waals surface area contributed by atoms with Gasteiger partial charge in [-0.2, -0.15) is 4.31 Å². The van der Waals surface area contributed by atoms with Gasteiger partial charge in [0, 0.05) is 32.7 Å². The largest absolute Gasteiger partial charge is 0.495 e. The van der Waals surface area contributed by atoms with Crippen molar-refractivity contribution in [2.75, 3.05) is 56.2 Å². The Balaban J connectivity index is 1.92. The van der Waals surface area contributed by atoms with Crippen molar-refractivity contribution in [3.05, 3.63) is 24.3 Å². The lowest BCUT2D eigenvalue weighted by Gasteiger charge is -2.35. The molecule has 0 radical (unpaired) electrons. The Bertz CT molecular complexity index is 772. The summed E-state index contributed by atoms with van der Waals surface area (Å²) in [5, 5.41) is 0. The standard InChI is InChI=1S/C15H25N3O5S2/c1-3-24(19,20)16-8-13-25(21,22)18-11-9-17(10-12-18)14-6-4-5-7-15(14)23-2/h4-7,16H,3,8-13H2,1-2H3. The maximum Gasteiger partial charge on any atom is 0.215 e. The van der Waals surface area contributed by atoms with Gasteiger partial charge in [-0.1, -0.05) is 12.1 Å². The Labute approximate surface area is 149 Å². The van der Waals surface area contributed by atoms with Crippen molar-refractivity contribution >= 4 is 25.7 Å². The second kappa shape index (κ2) is 8.35. The van der Waals surface area contributed by atoms with Gasteiger partial charge in [-0.15, -0.1) is 0 Å². The first-order valence-corrected chi connectivity index (χ1v) is 11.4. The number of para-hydroxylation sites is 2. The van der Waals surface area contributed by atoms with Crippen molar-refractivity contribution in [3.8, 4) is 5.75 Å². The monoisotopic (exact) mass is 391 g/mol. The van der Waals surface area contributed by atoms with E-state index in [1.54, 1.807) is 7.11 Å². The van der Waals surface area contributed by atoms with Crippen molar-refractivity contribution in [1.29, 1.82) is 0 Å². The molecular formula is C15H25N3O5S2. The van der Waals surface area contributed by atoms with E-state index in [9.17, 15) is 16.8 Å². The van der Waals surface area contributed by atoms with E-state index in [1.165, 1.54) is 11.2 Å². The summed E-state index contributed by atoms with van der Waals surface area (Å²) < 4.78 is 56.6. The SMILES string of the molecule is CCS(=O)(=O)NCCS(=O)(=O)N1CCN(c2ccccc2OC)CC1. The molecule has 1 saturated heterocycles. The molecule has 1 aromatic carbocycles. The minimum atomic E-state index is -3.49. The summed E-state index contributed by atoms with van der Waals surface area (Å²) in [6.45, 7) is 3.24. The second-order valence-corrected chi connectivity index (χ2v) is 9.86. The highest BCUT2D eigenvalue weighted by atomic mass is 32.2. The van der Waals surface area contributed by atoms with Gasteiger partial charge in [-0.05, 0) is 19.1 Å². The number of nitrogens with one attached hydrogen (secondary N) is 1. The minimum absolute atomic E-state index is 0.0649. The molecule has 2 rings (SSSR count). The van der Waals surface area contributed by atoms with Crippen LogP contribution in [-0.2, 0) is 20.0 Å². The molecule has 1 N–H and O–H groups in total. The number of sulfonamides is 2. The average molecular weight is 392 g/mol. The number of nitrogens with zero attached hydrogens (tertiary/aromatic N) is 2. The van der Waals surface area contributed by atoms with Crippen LogP contribution >= 0.6 is 0 Å². The van der Waals surface area contributed by atoms with Crippen LogP contribution in [0.2, 0.25) is 0 Å². The Kier molecular flexibility index (Phi) is 6.66. The Morgan fingerprint density at radius 3 is 2.32 bits per heavy atom. The van der Waals surface area contributed by atoms with Crippen molar-refractivity contribution in [2.45, 2.75) is 6.92 Å². The summed E-state index contributed by atoms with van der Waals surface area (Å²) in [5.41, 5.74) is 0.942. The first-order chi connectivity index (χ1) is 11.8. The molecule has 1 aliphatic rings. The van der Waals surface area contributed by atoms with E-state index in [1.807, 2.05) is 24.3 Å². The molecule has 10 heteroatoms. The number of methoxy groups -OCH3 is 1. The molecular weight excluding hydrogens is 366 g/mol. The number of rotatable bonds is 8. The highest BCUT2D eigenvalue weighted by Crippen LogP contribution is 2.28. The molecule has 0 saturated carbocycles. The quantitative estimate of drug-likeness (QED) is 0.675. The number of ether oxygens (including phenoxy) is 1. The van der Waals surface area contributed by atoms with Crippen LogP contribution in [0.15, 0.2) is 24.3 Å². The van der Waals surface area contributed by atoms with E-state index >= 15 is 0 Å². The molecule has 1 aliphatic heterocycles. The summed E-state index contributed by atoms with van der Waals surface area (Å²) in [6, 6.07) is 7.63. The maximum atomic E-state index is 12.4. The zero-order valence-electron chi connectivity index (χ0n) is 14.5. The molecule has 0 atom stereocenters. The average Bonchev–Trinajstić information content (AvgIpc) is 2.61. The third-order valence-electron chi connectivity index (χ3n) is 4.12. The number of hydrogen-bond donors (Lipinski definition) is 1. The smallest absolute Gasteiger partial charge is 0.215 e. The molecule has 0 bridgehead atoms. The Morgan fingerprint density at radius 1 is 1.08 bits per heavy atom. The molecule has 8 nitrogen and oxygen atoms in total. The number of piperazine rings is 1. The van der Waals surface area contributed by atoms with Crippen LogP contribution in [-0.4, -0.2) is 72.5 Å². The predicted molar refractivity (Wildman–Crippen MR) is 98.0 cm³/mol. The molecule has 0 aromatic heterocycles. The van der Waals surface area contributed by atoms with Gasteiger partial charge in [0.05, 0.1) is 24.3 Å². The summed E-state index contributed by atoms with van der Waals surface area (Å²) in [4.78, 5) is 2.09. The zero-order valence-corrected chi connectivity index (χ0v) is 16.1. The molecule has 0 aliphatic carbocycles. The van der Waals surface area contributed by atoms with Gasteiger partial charge in [0.15, 0.2) is 0 Å². The lowest BCUT2D eigenvalue weighted by Crippen LogP contribution is -2.50. The summed E-state index contributed by atoms with van der Waals surface area (Å²) in [6.07, 6.45) is 0. The van der Waals surface area contributed by atoms with Gasteiger partial charge in [-0.3, -0.25) is 0 Å². The molecule has 25 heavy (non-hydrogen) atoms. The number of hydrogen-bond acceptors (Lipinski definition) is 6. The van der Waals surface area contributed by atoms with E-state index in [-0.39, 0.29) is 18.1 Å². The lowest BCUT2D eigenvalue weighted by atomic mass is 10.2. The van der Waals surface area contributed by atoms with Crippen LogP contribution in [0.5, 0.6) is 5.75 Å². The van der Waals surface area contributed by atoms with Crippen molar-refractivity contribution in [1.82, 2.24) is 9.03 Å². The molecule has 0 unspecified atom stereocenters. The molecule has 1 aromatic rings. The first kappa shape index (κ1) is 20.0. The van der Waals surface area contributed by atoms with Crippen LogP contribution in [0.25, 0.3) is 0 Å². The third kappa shape index (κ3) is 5.30.